The minimum absolute atomic E-state index is 0.0644. The first-order valence-electron chi connectivity index (χ1n) is 19.8. The summed E-state index contributed by atoms with van der Waals surface area (Å²) in [5, 5.41) is 0. The molecule has 0 N–H and O–H groups in total. The summed E-state index contributed by atoms with van der Waals surface area (Å²) in [5.74, 6) is 3.09. The molecule has 272 valence electrons. The van der Waals surface area contributed by atoms with Crippen LogP contribution >= 0.6 is 0 Å². The van der Waals surface area contributed by atoms with E-state index in [0.29, 0.717) is 11.8 Å². The van der Waals surface area contributed by atoms with Gasteiger partial charge in [-0.1, -0.05) is 139 Å². The van der Waals surface area contributed by atoms with E-state index in [-0.39, 0.29) is 11.5 Å². The van der Waals surface area contributed by atoms with Gasteiger partial charge < -0.3 is 0 Å². The van der Waals surface area contributed by atoms with Gasteiger partial charge in [0.2, 0.25) is 0 Å². The summed E-state index contributed by atoms with van der Waals surface area (Å²) in [6.45, 7) is 14.2. The second-order valence-electron chi connectivity index (χ2n) is 16.4. The molecule has 55 heavy (non-hydrogen) atoms. The number of hydrogen-bond donors (Lipinski definition) is 0. The molecule has 6 aromatic carbocycles. The van der Waals surface area contributed by atoms with E-state index in [2.05, 4.69) is 225 Å². The SMILES string of the molecule is CC(C)c1cc(-c2ccccc2)cc(C(C)C)c1-n1cc[n+]2c1-c1ccccc1[C@H]2C(C)(C)c1ccccc1-c1n(-c2ccccc2)c2ccccc2[n+]1C. The van der Waals surface area contributed by atoms with E-state index < -0.39 is 0 Å². The first-order chi connectivity index (χ1) is 26.7. The number of hydrogen-bond acceptors (Lipinski definition) is 0. The van der Waals surface area contributed by atoms with Crippen molar-refractivity contribution in [2.45, 2.75) is 64.8 Å². The third-order valence-corrected chi connectivity index (χ3v) is 12.0. The van der Waals surface area contributed by atoms with Crippen LogP contribution in [-0.4, -0.2) is 9.13 Å². The molecule has 9 rings (SSSR count). The monoisotopic (exact) mass is 718 g/mol. The molecule has 0 amide bonds. The maximum absolute atomic E-state index is 2.56. The van der Waals surface area contributed by atoms with Crippen molar-refractivity contribution in [3.05, 3.63) is 180 Å². The molecular formula is C51H50N4+2. The van der Waals surface area contributed by atoms with Crippen molar-refractivity contribution in [3.8, 4) is 45.3 Å². The molecule has 2 aromatic heterocycles. The van der Waals surface area contributed by atoms with Crippen LogP contribution in [0.1, 0.15) is 81.7 Å². The van der Waals surface area contributed by atoms with Crippen LogP contribution in [0.5, 0.6) is 0 Å². The lowest BCUT2D eigenvalue weighted by atomic mass is 9.73. The lowest BCUT2D eigenvalue weighted by Crippen LogP contribution is -2.47. The van der Waals surface area contributed by atoms with Gasteiger partial charge in [0.15, 0.2) is 11.0 Å². The second-order valence-corrected chi connectivity index (χ2v) is 16.4. The Labute approximate surface area is 325 Å². The summed E-state index contributed by atoms with van der Waals surface area (Å²) in [6.07, 6.45) is 4.66. The van der Waals surface area contributed by atoms with Crippen LogP contribution in [-0.2, 0) is 12.5 Å². The van der Waals surface area contributed by atoms with Crippen molar-refractivity contribution in [1.82, 2.24) is 9.13 Å². The first kappa shape index (κ1) is 34.7. The molecule has 0 bridgehead atoms. The zero-order chi connectivity index (χ0) is 38.0. The molecular weight excluding hydrogens is 669 g/mol. The van der Waals surface area contributed by atoms with E-state index in [1.807, 2.05) is 0 Å². The molecule has 1 aliphatic rings. The number of aromatic nitrogens is 4. The topological polar surface area (TPSA) is 17.6 Å². The maximum Gasteiger partial charge on any atom is 0.295 e. The van der Waals surface area contributed by atoms with Crippen molar-refractivity contribution in [2.24, 2.45) is 7.05 Å². The van der Waals surface area contributed by atoms with Crippen molar-refractivity contribution in [1.29, 1.82) is 0 Å². The highest BCUT2D eigenvalue weighted by atomic mass is 15.2. The molecule has 0 spiro atoms. The number of para-hydroxylation sites is 3. The van der Waals surface area contributed by atoms with Gasteiger partial charge in [-0.2, -0.15) is 9.13 Å². The molecule has 4 heteroatoms. The van der Waals surface area contributed by atoms with E-state index >= 15 is 0 Å². The molecule has 0 saturated carbocycles. The van der Waals surface area contributed by atoms with Crippen LogP contribution in [0, 0.1) is 0 Å². The van der Waals surface area contributed by atoms with Crippen LogP contribution in [0.15, 0.2) is 158 Å². The highest BCUT2D eigenvalue weighted by Gasteiger charge is 2.49. The van der Waals surface area contributed by atoms with Crippen LogP contribution in [0.2, 0.25) is 0 Å². The summed E-state index contributed by atoms with van der Waals surface area (Å²) < 4.78 is 9.87. The molecule has 8 aromatic rings. The molecule has 0 unspecified atom stereocenters. The number of aryl methyl sites for hydroxylation is 1. The molecule has 0 aliphatic carbocycles. The molecule has 1 aliphatic heterocycles. The van der Waals surface area contributed by atoms with Gasteiger partial charge in [-0.15, -0.1) is 0 Å². The van der Waals surface area contributed by atoms with Gasteiger partial charge in [0.05, 0.1) is 18.2 Å². The number of rotatable bonds is 8. The third kappa shape index (κ3) is 5.49. The van der Waals surface area contributed by atoms with Crippen LogP contribution < -0.4 is 9.13 Å². The standard InChI is InChI=1S/C51H50N4/c1-34(2)42-32-37(36-20-10-8-11-21-36)33-43(35(3)4)47(42)53-30-31-54-48(39-24-14-15-25-40(39)50(53)54)51(5,6)44-27-17-16-26-41(44)49-52(7)45-28-18-19-29-46(45)55(49)38-22-12-9-13-23-38/h8-35,48H,1-7H3/q+2/t48-/m0/s1. The van der Waals surface area contributed by atoms with Crippen molar-refractivity contribution in [2.75, 3.05) is 0 Å². The molecule has 1 atom stereocenters. The summed E-state index contributed by atoms with van der Waals surface area (Å²) in [5.41, 5.74) is 15.0. The van der Waals surface area contributed by atoms with Gasteiger partial charge >= 0.3 is 0 Å². The first-order valence-corrected chi connectivity index (χ1v) is 19.8. The Morgan fingerprint density at radius 2 is 1.18 bits per heavy atom. The van der Waals surface area contributed by atoms with Crippen LogP contribution in [0.25, 0.3) is 56.3 Å². The zero-order valence-electron chi connectivity index (χ0n) is 33.0. The van der Waals surface area contributed by atoms with Crippen LogP contribution in [0.4, 0.5) is 0 Å². The van der Waals surface area contributed by atoms with E-state index in [0.717, 1.165) is 5.69 Å². The van der Waals surface area contributed by atoms with E-state index in [1.54, 1.807) is 0 Å². The molecule has 4 nitrogen and oxygen atoms in total. The average Bonchev–Trinajstić information content (AvgIpc) is 3.87. The summed E-state index contributed by atoms with van der Waals surface area (Å²) in [6, 6.07) is 53.5. The Morgan fingerprint density at radius 3 is 1.87 bits per heavy atom. The lowest BCUT2D eigenvalue weighted by Gasteiger charge is -2.32. The van der Waals surface area contributed by atoms with E-state index in [4.69, 9.17) is 0 Å². The van der Waals surface area contributed by atoms with Gasteiger partial charge in [0.25, 0.3) is 11.6 Å². The number of fused-ring (bicyclic) bond motifs is 4. The lowest BCUT2D eigenvalue weighted by molar-refractivity contribution is -0.705. The largest absolute Gasteiger partial charge is 0.295 e. The van der Waals surface area contributed by atoms with Crippen molar-refractivity contribution < 1.29 is 9.13 Å². The highest BCUT2D eigenvalue weighted by Crippen LogP contribution is 2.48. The summed E-state index contributed by atoms with van der Waals surface area (Å²) >= 11 is 0. The second kappa shape index (κ2) is 13.4. The fraction of sp³-hybridized carbons (Fsp3) is 0.216. The molecule has 0 fully saturated rings. The Hall–Kier alpha value is -6.00. The number of imidazole rings is 2. The predicted octanol–water partition coefficient (Wildman–Crippen LogP) is 11.7. The zero-order valence-corrected chi connectivity index (χ0v) is 33.0. The Bertz CT molecular complexity index is 2660. The number of nitrogens with zero attached hydrogens (tertiary/aromatic N) is 4. The third-order valence-electron chi connectivity index (χ3n) is 12.0. The van der Waals surface area contributed by atoms with Gasteiger partial charge in [-0.25, -0.2) is 9.13 Å². The van der Waals surface area contributed by atoms with E-state index in [9.17, 15) is 0 Å². The normalized spacial score (nSPS) is 13.9. The molecule has 0 saturated heterocycles. The summed E-state index contributed by atoms with van der Waals surface area (Å²) in [7, 11) is 2.21. The minimum atomic E-state index is -0.307. The Balaban J connectivity index is 1.26. The van der Waals surface area contributed by atoms with Gasteiger partial charge in [0, 0.05) is 22.1 Å². The Morgan fingerprint density at radius 1 is 0.600 bits per heavy atom. The summed E-state index contributed by atoms with van der Waals surface area (Å²) in [4.78, 5) is 0. The fourth-order valence-electron chi connectivity index (χ4n) is 9.36. The maximum atomic E-state index is 2.56. The Kier molecular flexibility index (Phi) is 8.46. The van der Waals surface area contributed by atoms with Crippen LogP contribution in [0.3, 0.4) is 0 Å². The quantitative estimate of drug-likeness (QED) is 0.139. The van der Waals surface area contributed by atoms with Gasteiger partial charge in [-0.05, 0) is 77.1 Å². The average molecular weight is 719 g/mol. The van der Waals surface area contributed by atoms with Crippen molar-refractivity contribution in [3.63, 3.8) is 0 Å². The smallest absolute Gasteiger partial charge is 0.225 e. The van der Waals surface area contributed by atoms with E-state index in [1.165, 1.54) is 72.9 Å². The minimum Gasteiger partial charge on any atom is -0.225 e. The predicted molar refractivity (Wildman–Crippen MR) is 226 cm³/mol. The number of benzene rings is 6. The molecule has 0 radical (unpaired) electrons. The van der Waals surface area contributed by atoms with Gasteiger partial charge in [-0.3, -0.25) is 0 Å². The molecule has 3 heterocycles. The van der Waals surface area contributed by atoms with Crippen molar-refractivity contribution >= 4 is 11.0 Å². The van der Waals surface area contributed by atoms with Gasteiger partial charge in [0.1, 0.15) is 29.8 Å². The highest BCUT2D eigenvalue weighted by molar-refractivity contribution is 5.80. The fourth-order valence-corrected chi connectivity index (χ4v) is 9.36.